The van der Waals surface area contributed by atoms with Gasteiger partial charge in [-0.15, -0.1) is 0 Å². The average Bonchev–Trinajstić information content (AvgIpc) is 2.77. The Morgan fingerprint density at radius 3 is 3.07 bits per heavy atom. The molecule has 0 radical (unpaired) electrons. The van der Waals surface area contributed by atoms with Gasteiger partial charge in [0.15, 0.2) is 0 Å². The molecule has 15 heavy (non-hydrogen) atoms. The van der Waals surface area contributed by atoms with Crippen molar-refractivity contribution in [2.24, 2.45) is 0 Å². The zero-order valence-corrected chi connectivity index (χ0v) is 10.8. The molecule has 1 aromatic heterocycles. The van der Waals surface area contributed by atoms with Crippen LogP contribution in [0.1, 0.15) is 23.8 Å². The first-order chi connectivity index (χ1) is 7.16. The van der Waals surface area contributed by atoms with Crippen molar-refractivity contribution in [2.45, 2.75) is 24.6 Å². The third-order valence-electron chi connectivity index (χ3n) is 2.59. The summed E-state index contributed by atoms with van der Waals surface area (Å²) >= 11 is 5.22. The van der Waals surface area contributed by atoms with Gasteiger partial charge >= 0.3 is 0 Å². The number of aromatic nitrogens is 1. The van der Waals surface area contributed by atoms with E-state index in [2.05, 4.69) is 33.2 Å². The third-order valence-corrected chi connectivity index (χ3v) is 4.37. The molecule has 1 amide bonds. The summed E-state index contributed by atoms with van der Waals surface area (Å²) in [7, 11) is 0. The lowest BCUT2D eigenvalue weighted by atomic mass is 10.1. The van der Waals surface area contributed by atoms with Crippen LogP contribution in [-0.4, -0.2) is 27.9 Å². The van der Waals surface area contributed by atoms with E-state index in [1.807, 2.05) is 11.8 Å². The van der Waals surface area contributed by atoms with Crippen molar-refractivity contribution in [1.82, 2.24) is 10.3 Å². The lowest BCUT2D eigenvalue weighted by Gasteiger charge is -2.15. The Morgan fingerprint density at radius 2 is 2.53 bits per heavy atom. The molecule has 82 valence electrons. The van der Waals surface area contributed by atoms with E-state index < -0.39 is 0 Å². The van der Waals surface area contributed by atoms with Gasteiger partial charge in [0, 0.05) is 22.0 Å². The van der Waals surface area contributed by atoms with Crippen LogP contribution >= 0.6 is 27.7 Å². The molecule has 0 bridgehead atoms. The standard InChI is InChI=1S/C10H13BrN2OS/c1-6-8(2-3-15-6)13-10(14)9-4-7(11)5-12-9/h4-6,8,12H,2-3H2,1H3,(H,13,14). The molecule has 1 aromatic rings. The van der Waals surface area contributed by atoms with E-state index in [1.54, 1.807) is 12.3 Å². The maximum absolute atomic E-state index is 11.8. The van der Waals surface area contributed by atoms with Gasteiger partial charge in [-0.1, -0.05) is 6.92 Å². The molecule has 1 aliphatic rings. The number of nitrogens with one attached hydrogen (secondary N) is 2. The normalized spacial score (nSPS) is 25.5. The van der Waals surface area contributed by atoms with Crippen LogP contribution in [0.25, 0.3) is 0 Å². The Bertz CT molecular complexity index is 366. The van der Waals surface area contributed by atoms with Gasteiger partial charge in [-0.2, -0.15) is 11.8 Å². The summed E-state index contributed by atoms with van der Waals surface area (Å²) < 4.78 is 0.904. The van der Waals surface area contributed by atoms with E-state index in [9.17, 15) is 4.79 Å². The zero-order chi connectivity index (χ0) is 10.8. The van der Waals surface area contributed by atoms with Gasteiger partial charge in [-0.05, 0) is 34.2 Å². The maximum Gasteiger partial charge on any atom is 0.267 e. The fourth-order valence-electron chi connectivity index (χ4n) is 1.67. The largest absolute Gasteiger partial charge is 0.356 e. The lowest BCUT2D eigenvalue weighted by Crippen LogP contribution is -2.38. The van der Waals surface area contributed by atoms with Gasteiger partial charge in [-0.25, -0.2) is 0 Å². The van der Waals surface area contributed by atoms with Crippen LogP contribution in [0.15, 0.2) is 16.7 Å². The van der Waals surface area contributed by atoms with Gasteiger partial charge in [0.2, 0.25) is 0 Å². The molecule has 0 aliphatic carbocycles. The minimum absolute atomic E-state index is 0.0138. The van der Waals surface area contributed by atoms with Crippen LogP contribution in [0.2, 0.25) is 0 Å². The quantitative estimate of drug-likeness (QED) is 0.878. The molecule has 2 atom stereocenters. The van der Waals surface area contributed by atoms with E-state index in [4.69, 9.17) is 0 Å². The van der Waals surface area contributed by atoms with Gasteiger partial charge in [0.1, 0.15) is 5.69 Å². The number of thioether (sulfide) groups is 1. The summed E-state index contributed by atoms with van der Waals surface area (Å²) in [5.41, 5.74) is 0.617. The molecule has 3 nitrogen and oxygen atoms in total. The summed E-state index contributed by atoms with van der Waals surface area (Å²) in [4.78, 5) is 14.7. The maximum atomic E-state index is 11.8. The Labute approximate surface area is 102 Å². The molecule has 2 heterocycles. The first kappa shape index (κ1) is 11.1. The Balaban J connectivity index is 1.97. The molecule has 5 heteroatoms. The van der Waals surface area contributed by atoms with Crippen molar-refractivity contribution in [3.05, 3.63) is 22.4 Å². The average molecular weight is 289 g/mol. The second kappa shape index (κ2) is 4.61. The predicted molar refractivity (Wildman–Crippen MR) is 66.3 cm³/mol. The minimum Gasteiger partial charge on any atom is -0.356 e. The molecule has 2 rings (SSSR count). The molecule has 0 aromatic carbocycles. The first-order valence-electron chi connectivity index (χ1n) is 4.93. The van der Waals surface area contributed by atoms with Crippen molar-refractivity contribution < 1.29 is 4.79 Å². The summed E-state index contributed by atoms with van der Waals surface area (Å²) in [5, 5.41) is 3.57. The summed E-state index contributed by atoms with van der Waals surface area (Å²) in [6.07, 6.45) is 2.83. The number of carbonyl (C=O) groups excluding carboxylic acids is 1. The monoisotopic (exact) mass is 288 g/mol. The van der Waals surface area contributed by atoms with E-state index >= 15 is 0 Å². The van der Waals surface area contributed by atoms with Crippen molar-refractivity contribution in [3.8, 4) is 0 Å². The van der Waals surface area contributed by atoms with Gasteiger partial charge in [0.05, 0.1) is 0 Å². The van der Waals surface area contributed by atoms with E-state index in [1.165, 1.54) is 0 Å². The summed E-state index contributed by atoms with van der Waals surface area (Å²) in [5.74, 6) is 1.13. The topological polar surface area (TPSA) is 44.9 Å². The highest BCUT2D eigenvalue weighted by Crippen LogP contribution is 2.26. The van der Waals surface area contributed by atoms with E-state index in [-0.39, 0.29) is 5.91 Å². The molecular formula is C10H13BrN2OS. The third kappa shape index (κ3) is 2.58. The predicted octanol–water partition coefficient (Wildman–Crippen LogP) is 2.40. The van der Waals surface area contributed by atoms with Crippen molar-refractivity contribution in [1.29, 1.82) is 0 Å². The highest BCUT2D eigenvalue weighted by Gasteiger charge is 2.25. The molecule has 1 aliphatic heterocycles. The van der Waals surface area contributed by atoms with E-state index in [0.29, 0.717) is 17.0 Å². The number of halogens is 1. The number of hydrogen-bond donors (Lipinski definition) is 2. The highest BCUT2D eigenvalue weighted by atomic mass is 79.9. The molecule has 0 saturated carbocycles. The number of rotatable bonds is 2. The lowest BCUT2D eigenvalue weighted by molar-refractivity contribution is 0.0933. The molecular weight excluding hydrogens is 276 g/mol. The van der Waals surface area contributed by atoms with Crippen LogP contribution in [0.4, 0.5) is 0 Å². The number of hydrogen-bond acceptors (Lipinski definition) is 2. The highest BCUT2D eigenvalue weighted by molar-refractivity contribution is 9.10. The fourth-order valence-corrected chi connectivity index (χ4v) is 3.21. The first-order valence-corrected chi connectivity index (χ1v) is 6.77. The molecule has 1 fully saturated rings. The number of H-pyrrole nitrogens is 1. The smallest absolute Gasteiger partial charge is 0.267 e. The van der Waals surface area contributed by atoms with Crippen LogP contribution < -0.4 is 5.32 Å². The van der Waals surface area contributed by atoms with Gasteiger partial charge in [0.25, 0.3) is 5.91 Å². The SMILES string of the molecule is CC1SCCC1NC(=O)c1cc(Br)c[nH]1. The van der Waals surface area contributed by atoms with Crippen molar-refractivity contribution in [2.75, 3.05) is 5.75 Å². The van der Waals surface area contributed by atoms with Gasteiger partial charge < -0.3 is 10.3 Å². The van der Waals surface area contributed by atoms with Crippen molar-refractivity contribution >= 4 is 33.6 Å². The van der Waals surface area contributed by atoms with Crippen LogP contribution in [-0.2, 0) is 0 Å². The molecule has 1 saturated heterocycles. The fraction of sp³-hybridized carbons (Fsp3) is 0.500. The second-order valence-electron chi connectivity index (χ2n) is 3.68. The number of amides is 1. The van der Waals surface area contributed by atoms with Crippen molar-refractivity contribution in [3.63, 3.8) is 0 Å². The molecule has 0 spiro atoms. The number of aromatic amines is 1. The molecule has 2 N–H and O–H groups in total. The van der Waals surface area contributed by atoms with Crippen LogP contribution in [0.5, 0.6) is 0 Å². The Kier molecular flexibility index (Phi) is 3.41. The summed E-state index contributed by atoms with van der Waals surface area (Å²) in [6.45, 7) is 2.16. The number of carbonyl (C=O) groups is 1. The van der Waals surface area contributed by atoms with Crippen LogP contribution in [0, 0.1) is 0 Å². The second-order valence-corrected chi connectivity index (χ2v) is 6.08. The van der Waals surface area contributed by atoms with Crippen LogP contribution in [0.3, 0.4) is 0 Å². The van der Waals surface area contributed by atoms with E-state index in [0.717, 1.165) is 16.6 Å². The van der Waals surface area contributed by atoms with Gasteiger partial charge in [-0.3, -0.25) is 4.79 Å². The Hall–Kier alpha value is -0.420. The zero-order valence-electron chi connectivity index (χ0n) is 8.42. The summed E-state index contributed by atoms with van der Waals surface area (Å²) in [6, 6.07) is 2.10. The minimum atomic E-state index is -0.0138. The Morgan fingerprint density at radius 1 is 1.73 bits per heavy atom. The molecule has 2 unspecified atom stereocenters.